The molecular formula is C13H18ClF4N. The predicted molar refractivity (Wildman–Crippen MR) is 69.7 cm³/mol. The Morgan fingerprint density at radius 3 is 2.21 bits per heavy atom. The first-order valence-corrected chi connectivity index (χ1v) is 5.84. The van der Waals surface area contributed by atoms with E-state index in [9.17, 15) is 17.6 Å². The molecule has 0 amide bonds. The van der Waals surface area contributed by atoms with Crippen LogP contribution in [0.15, 0.2) is 18.2 Å². The van der Waals surface area contributed by atoms with Gasteiger partial charge in [-0.3, -0.25) is 0 Å². The van der Waals surface area contributed by atoms with E-state index in [1.165, 1.54) is 0 Å². The summed E-state index contributed by atoms with van der Waals surface area (Å²) in [5, 5.41) is 0. The molecule has 1 aromatic rings. The van der Waals surface area contributed by atoms with Crippen LogP contribution in [-0.2, 0) is 6.18 Å². The minimum atomic E-state index is -4.58. The summed E-state index contributed by atoms with van der Waals surface area (Å²) < 4.78 is 51.2. The van der Waals surface area contributed by atoms with Crippen molar-refractivity contribution in [2.75, 3.05) is 0 Å². The predicted octanol–water partition coefficient (Wildman–Crippen LogP) is 4.70. The third-order valence-electron chi connectivity index (χ3n) is 2.78. The van der Waals surface area contributed by atoms with Crippen LogP contribution in [0.2, 0.25) is 0 Å². The summed E-state index contributed by atoms with van der Waals surface area (Å²) in [6.07, 6.45) is -3.39. The Bertz CT molecular complexity index is 404. The first kappa shape index (κ1) is 18.2. The quantitative estimate of drug-likeness (QED) is 0.801. The topological polar surface area (TPSA) is 26.0 Å². The lowest BCUT2D eigenvalue weighted by Crippen LogP contribution is -2.18. The van der Waals surface area contributed by atoms with Crippen molar-refractivity contribution >= 4 is 12.4 Å². The van der Waals surface area contributed by atoms with Gasteiger partial charge in [0, 0.05) is 6.04 Å². The van der Waals surface area contributed by atoms with Crippen LogP contribution in [0, 0.1) is 11.7 Å². The number of hydrogen-bond acceptors (Lipinski definition) is 1. The molecule has 0 radical (unpaired) electrons. The molecule has 0 fully saturated rings. The average molecular weight is 300 g/mol. The van der Waals surface area contributed by atoms with E-state index in [1.807, 2.05) is 13.8 Å². The molecule has 1 nitrogen and oxygen atoms in total. The monoisotopic (exact) mass is 299 g/mol. The maximum absolute atomic E-state index is 12.9. The van der Waals surface area contributed by atoms with Crippen LogP contribution in [0.1, 0.15) is 43.9 Å². The molecule has 0 unspecified atom stereocenters. The molecule has 0 saturated heterocycles. The molecule has 0 aliphatic carbocycles. The van der Waals surface area contributed by atoms with Gasteiger partial charge in [-0.25, -0.2) is 4.39 Å². The first-order valence-electron chi connectivity index (χ1n) is 5.84. The second-order valence-electron chi connectivity index (χ2n) is 4.81. The Balaban J connectivity index is 0.00000324. The molecule has 0 aliphatic rings. The molecular weight excluding hydrogens is 282 g/mol. The van der Waals surface area contributed by atoms with Gasteiger partial charge >= 0.3 is 6.18 Å². The van der Waals surface area contributed by atoms with E-state index in [4.69, 9.17) is 5.73 Å². The van der Waals surface area contributed by atoms with Crippen molar-refractivity contribution in [1.82, 2.24) is 0 Å². The standard InChI is InChI=1S/C13H17F4N.ClH/c1-8(2)3-6-12(18)10-5-4-9(14)7-11(10)13(15,16)17;/h4-5,7-8,12H,3,6,18H2,1-2H3;1H/t12-;/m1./s1. The highest BCUT2D eigenvalue weighted by atomic mass is 35.5. The largest absolute Gasteiger partial charge is 0.416 e. The highest BCUT2D eigenvalue weighted by Crippen LogP contribution is 2.35. The van der Waals surface area contributed by atoms with Crippen molar-refractivity contribution in [1.29, 1.82) is 0 Å². The van der Waals surface area contributed by atoms with Gasteiger partial charge in [0.05, 0.1) is 5.56 Å². The summed E-state index contributed by atoms with van der Waals surface area (Å²) in [7, 11) is 0. The van der Waals surface area contributed by atoms with E-state index < -0.39 is 23.6 Å². The number of alkyl halides is 3. The van der Waals surface area contributed by atoms with E-state index in [2.05, 4.69) is 0 Å². The van der Waals surface area contributed by atoms with Crippen LogP contribution in [-0.4, -0.2) is 0 Å². The Morgan fingerprint density at radius 2 is 1.74 bits per heavy atom. The molecule has 0 aliphatic heterocycles. The van der Waals surface area contributed by atoms with E-state index in [1.54, 1.807) is 0 Å². The smallest absolute Gasteiger partial charge is 0.324 e. The van der Waals surface area contributed by atoms with Gasteiger partial charge in [0.15, 0.2) is 0 Å². The molecule has 1 aromatic carbocycles. The van der Waals surface area contributed by atoms with E-state index in [-0.39, 0.29) is 18.0 Å². The van der Waals surface area contributed by atoms with E-state index in [0.717, 1.165) is 18.6 Å². The van der Waals surface area contributed by atoms with Gasteiger partial charge in [-0.05, 0) is 36.5 Å². The fourth-order valence-corrected chi connectivity index (χ4v) is 1.77. The molecule has 110 valence electrons. The summed E-state index contributed by atoms with van der Waals surface area (Å²) in [6.45, 7) is 3.95. The fourth-order valence-electron chi connectivity index (χ4n) is 1.77. The molecule has 0 spiro atoms. The molecule has 1 rings (SSSR count). The Hall–Kier alpha value is -0.810. The molecule has 1 atom stereocenters. The number of halogens is 5. The van der Waals surface area contributed by atoms with Gasteiger partial charge in [0.1, 0.15) is 5.82 Å². The number of nitrogens with two attached hydrogens (primary N) is 1. The number of benzene rings is 1. The van der Waals surface area contributed by atoms with Crippen molar-refractivity contribution in [3.63, 3.8) is 0 Å². The van der Waals surface area contributed by atoms with Crippen LogP contribution < -0.4 is 5.73 Å². The third kappa shape index (κ3) is 5.37. The molecule has 0 aromatic heterocycles. The van der Waals surface area contributed by atoms with Crippen LogP contribution in [0.4, 0.5) is 17.6 Å². The first-order chi connectivity index (χ1) is 8.21. The van der Waals surface area contributed by atoms with E-state index in [0.29, 0.717) is 18.4 Å². The molecule has 2 N–H and O–H groups in total. The van der Waals surface area contributed by atoms with Crippen molar-refractivity contribution in [3.05, 3.63) is 35.1 Å². The number of hydrogen-bond donors (Lipinski definition) is 1. The second kappa shape index (κ2) is 7.10. The maximum Gasteiger partial charge on any atom is 0.416 e. The zero-order chi connectivity index (χ0) is 13.9. The molecule has 6 heteroatoms. The summed E-state index contributed by atoms with van der Waals surface area (Å²) in [4.78, 5) is 0. The minimum absolute atomic E-state index is 0. The number of rotatable bonds is 4. The second-order valence-corrected chi connectivity index (χ2v) is 4.81. The van der Waals surface area contributed by atoms with Crippen molar-refractivity contribution in [2.24, 2.45) is 11.7 Å². The SMILES string of the molecule is CC(C)CC[C@@H](N)c1ccc(F)cc1C(F)(F)F.Cl. The highest BCUT2D eigenvalue weighted by Gasteiger charge is 2.35. The Labute approximate surface area is 116 Å². The Morgan fingerprint density at radius 1 is 1.16 bits per heavy atom. The molecule has 19 heavy (non-hydrogen) atoms. The van der Waals surface area contributed by atoms with E-state index >= 15 is 0 Å². The van der Waals surface area contributed by atoms with Crippen molar-refractivity contribution in [3.8, 4) is 0 Å². The fraction of sp³-hybridized carbons (Fsp3) is 0.538. The normalized spacial score (nSPS) is 13.3. The lowest BCUT2D eigenvalue weighted by molar-refractivity contribution is -0.138. The van der Waals surface area contributed by atoms with Gasteiger partial charge < -0.3 is 5.73 Å². The molecule has 0 bridgehead atoms. The summed E-state index contributed by atoms with van der Waals surface area (Å²) in [5.74, 6) is -0.534. The summed E-state index contributed by atoms with van der Waals surface area (Å²) in [5.41, 5.74) is 4.76. The highest BCUT2D eigenvalue weighted by molar-refractivity contribution is 5.85. The summed E-state index contributed by atoms with van der Waals surface area (Å²) >= 11 is 0. The Kier molecular flexibility index (Phi) is 6.80. The third-order valence-corrected chi connectivity index (χ3v) is 2.78. The maximum atomic E-state index is 12.9. The van der Waals surface area contributed by atoms with Gasteiger partial charge in [-0.15, -0.1) is 12.4 Å². The van der Waals surface area contributed by atoms with Crippen molar-refractivity contribution < 1.29 is 17.6 Å². The lowest BCUT2D eigenvalue weighted by atomic mass is 9.94. The van der Waals surface area contributed by atoms with Crippen molar-refractivity contribution in [2.45, 2.75) is 38.9 Å². The molecule has 0 saturated carbocycles. The van der Waals surface area contributed by atoms with Gasteiger partial charge in [-0.2, -0.15) is 13.2 Å². The van der Waals surface area contributed by atoms with Gasteiger partial charge in [-0.1, -0.05) is 19.9 Å². The van der Waals surface area contributed by atoms with Crippen LogP contribution >= 0.6 is 12.4 Å². The van der Waals surface area contributed by atoms with Crippen LogP contribution in [0.25, 0.3) is 0 Å². The van der Waals surface area contributed by atoms with Gasteiger partial charge in [0.25, 0.3) is 0 Å². The van der Waals surface area contributed by atoms with Gasteiger partial charge in [0.2, 0.25) is 0 Å². The summed E-state index contributed by atoms with van der Waals surface area (Å²) in [6, 6.07) is 1.93. The minimum Gasteiger partial charge on any atom is -0.324 e. The lowest BCUT2D eigenvalue weighted by Gasteiger charge is -2.19. The average Bonchev–Trinajstić information content (AvgIpc) is 2.24. The zero-order valence-corrected chi connectivity index (χ0v) is 11.6. The van der Waals surface area contributed by atoms with Crippen LogP contribution in [0.5, 0.6) is 0 Å². The zero-order valence-electron chi connectivity index (χ0n) is 10.8. The molecule has 0 heterocycles. The van der Waals surface area contributed by atoms with Crippen LogP contribution in [0.3, 0.4) is 0 Å².